The molecule has 2 amide bonds. The maximum Gasteiger partial charge on any atom is 0.237 e. The molecule has 1 heterocycles. The minimum absolute atomic E-state index is 0.119. The van der Waals surface area contributed by atoms with Crippen molar-refractivity contribution in [2.45, 2.75) is 38.4 Å². The fourth-order valence-electron chi connectivity index (χ4n) is 2.65. The SMILES string of the molecule is CSCC[C@H](N)C(=O)NCc1ccccc1CN1CCCC1=O. The van der Waals surface area contributed by atoms with Crippen LogP contribution in [0.5, 0.6) is 0 Å². The van der Waals surface area contributed by atoms with Crippen LogP contribution in [0.25, 0.3) is 0 Å². The van der Waals surface area contributed by atoms with E-state index in [1.165, 1.54) is 0 Å². The lowest BCUT2D eigenvalue weighted by Gasteiger charge is -2.19. The number of amides is 2. The van der Waals surface area contributed by atoms with E-state index in [4.69, 9.17) is 5.73 Å². The molecule has 23 heavy (non-hydrogen) atoms. The molecule has 6 heteroatoms. The monoisotopic (exact) mass is 335 g/mol. The number of nitrogens with zero attached hydrogens (tertiary/aromatic N) is 1. The molecule has 126 valence electrons. The molecular weight excluding hydrogens is 310 g/mol. The second-order valence-corrected chi connectivity index (χ2v) is 6.78. The van der Waals surface area contributed by atoms with Crippen LogP contribution >= 0.6 is 11.8 Å². The van der Waals surface area contributed by atoms with Crippen LogP contribution in [0, 0.1) is 0 Å². The molecule has 0 aliphatic carbocycles. The first-order valence-corrected chi connectivity index (χ1v) is 9.38. The zero-order valence-electron chi connectivity index (χ0n) is 13.6. The van der Waals surface area contributed by atoms with Crippen LogP contribution in [0.15, 0.2) is 24.3 Å². The van der Waals surface area contributed by atoms with Gasteiger partial charge in [-0.25, -0.2) is 0 Å². The molecule has 0 radical (unpaired) electrons. The molecule has 0 aromatic heterocycles. The molecule has 1 saturated heterocycles. The Kier molecular flexibility index (Phi) is 6.92. The van der Waals surface area contributed by atoms with Gasteiger partial charge < -0.3 is 16.0 Å². The summed E-state index contributed by atoms with van der Waals surface area (Å²) in [5, 5.41) is 2.91. The highest BCUT2D eigenvalue weighted by molar-refractivity contribution is 7.98. The molecule has 0 saturated carbocycles. The summed E-state index contributed by atoms with van der Waals surface area (Å²) >= 11 is 1.68. The van der Waals surface area contributed by atoms with Crippen LogP contribution in [0.1, 0.15) is 30.4 Å². The lowest BCUT2D eigenvalue weighted by molar-refractivity contribution is -0.128. The number of carbonyl (C=O) groups excluding carboxylic acids is 2. The van der Waals surface area contributed by atoms with E-state index in [0.29, 0.717) is 25.9 Å². The number of nitrogens with one attached hydrogen (secondary N) is 1. The quantitative estimate of drug-likeness (QED) is 0.755. The first kappa shape index (κ1) is 17.8. The van der Waals surface area contributed by atoms with Crippen molar-refractivity contribution in [2.75, 3.05) is 18.6 Å². The lowest BCUT2D eigenvalue weighted by Crippen LogP contribution is -2.40. The molecule has 1 fully saturated rings. The Morgan fingerprint density at radius 2 is 2.13 bits per heavy atom. The van der Waals surface area contributed by atoms with E-state index in [0.717, 1.165) is 29.8 Å². The Morgan fingerprint density at radius 3 is 2.78 bits per heavy atom. The van der Waals surface area contributed by atoms with Crippen LogP contribution in [0.4, 0.5) is 0 Å². The molecule has 3 N–H and O–H groups in total. The number of rotatable bonds is 8. The first-order valence-electron chi connectivity index (χ1n) is 7.98. The van der Waals surface area contributed by atoms with Gasteiger partial charge in [-0.2, -0.15) is 11.8 Å². The molecule has 0 bridgehead atoms. The van der Waals surface area contributed by atoms with Gasteiger partial charge in [-0.15, -0.1) is 0 Å². The number of hydrogen-bond acceptors (Lipinski definition) is 4. The Bertz CT molecular complexity index is 550. The van der Waals surface area contributed by atoms with Crippen molar-refractivity contribution in [1.82, 2.24) is 10.2 Å². The summed E-state index contributed by atoms with van der Waals surface area (Å²) in [6.45, 7) is 1.88. The van der Waals surface area contributed by atoms with Crippen molar-refractivity contribution in [3.05, 3.63) is 35.4 Å². The van der Waals surface area contributed by atoms with Gasteiger partial charge in [0.25, 0.3) is 0 Å². The third-order valence-corrected chi connectivity index (χ3v) is 4.72. The highest BCUT2D eigenvalue weighted by Gasteiger charge is 2.21. The lowest BCUT2D eigenvalue weighted by atomic mass is 10.1. The third kappa shape index (κ3) is 5.25. The van der Waals surface area contributed by atoms with E-state index in [-0.39, 0.29) is 11.8 Å². The third-order valence-electron chi connectivity index (χ3n) is 4.07. The number of benzene rings is 1. The van der Waals surface area contributed by atoms with Gasteiger partial charge in [0.05, 0.1) is 6.04 Å². The summed E-state index contributed by atoms with van der Waals surface area (Å²) in [6.07, 6.45) is 4.25. The smallest absolute Gasteiger partial charge is 0.237 e. The summed E-state index contributed by atoms with van der Waals surface area (Å²) in [4.78, 5) is 25.7. The van der Waals surface area contributed by atoms with Gasteiger partial charge in [0.2, 0.25) is 11.8 Å². The number of nitrogens with two attached hydrogens (primary N) is 1. The average Bonchev–Trinajstić information content (AvgIpc) is 2.96. The van der Waals surface area contributed by atoms with E-state index in [2.05, 4.69) is 5.32 Å². The maximum atomic E-state index is 12.0. The Labute approximate surface area is 142 Å². The van der Waals surface area contributed by atoms with Crippen LogP contribution in [-0.2, 0) is 22.7 Å². The predicted octanol–water partition coefficient (Wildman–Crippen LogP) is 1.51. The van der Waals surface area contributed by atoms with Gasteiger partial charge >= 0.3 is 0 Å². The molecule has 1 aromatic rings. The first-order chi connectivity index (χ1) is 11.1. The summed E-state index contributed by atoms with van der Waals surface area (Å²) in [5.41, 5.74) is 8.00. The van der Waals surface area contributed by atoms with E-state index in [1.807, 2.05) is 35.4 Å². The molecule has 0 spiro atoms. The van der Waals surface area contributed by atoms with Gasteiger partial charge in [0.1, 0.15) is 0 Å². The molecule has 1 atom stereocenters. The number of carbonyl (C=O) groups is 2. The van der Waals surface area contributed by atoms with E-state index in [1.54, 1.807) is 11.8 Å². The fourth-order valence-corrected chi connectivity index (χ4v) is 3.14. The highest BCUT2D eigenvalue weighted by atomic mass is 32.2. The van der Waals surface area contributed by atoms with Crippen molar-refractivity contribution in [3.8, 4) is 0 Å². The maximum absolute atomic E-state index is 12.0. The molecule has 1 aliphatic rings. The van der Waals surface area contributed by atoms with Gasteiger partial charge in [-0.1, -0.05) is 24.3 Å². The fraction of sp³-hybridized carbons (Fsp3) is 0.529. The Balaban J connectivity index is 1.92. The molecule has 1 aromatic carbocycles. The van der Waals surface area contributed by atoms with Gasteiger partial charge in [0, 0.05) is 26.1 Å². The number of thioether (sulfide) groups is 1. The second-order valence-electron chi connectivity index (χ2n) is 5.79. The second kappa shape index (κ2) is 8.93. The Morgan fingerprint density at radius 1 is 1.39 bits per heavy atom. The van der Waals surface area contributed by atoms with Gasteiger partial charge in [-0.05, 0) is 36.0 Å². The summed E-state index contributed by atoms with van der Waals surface area (Å²) < 4.78 is 0. The highest BCUT2D eigenvalue weighted by Crippen LogP contribution is 2.17. The Hall–Kier alpha value is -1.53. The van der Waals surface area contributed by atoms with Gasteiger partial charge in [0.15, 0.2) is 0 Å². The minimum atomic E-state index is -0.463. The van der Waals surface area contributed by atoms with Crippen molar-refractivity contribution >= 4 is 23.6 Å². The molecular formula is C17H25N3O2S. The average molecular weight is 335 g/mol. The zero-order valence-corrected chi connectivity index (χ0v) is 14.4. The van der Waals surface area contributed by atoms with Crippen LogP contribution < -0.4 is 11.1 Å². The number of likely N-dealkylation sites (tertiary alicyclic amines) is 1. The normalized spacial score (nSPS) is 15.7. The predicted molar refractivity (Wildman–Crippen MR) is 93.9 cm³/mol. The van der Waals surface area contributed by atoms with Crippen molar-refractivity contribution in [1.29, 1.82) is 0 Å². The molecule has 1 aliphatic heterocycles. The van der Waals surface area contributed by atoms with E-state index >= 15 is 0 Å². The van der Waals surface area contributed by atoms with Gasteiger partial charge in [-0.3, -0.25) is 9.59 Å². The topological polar surface area (TPSA) is 75.4 Å². The van der Waals surface area contributed by atoms with Crippen molar-refractivity contribution in [2.24, 2.45) is 5.73 Å². The van der Waals surface area contributed by atoms with Crippen molar-refractivity contribution < 1.29 is 9.59 Å². The summed E-state index contributed by atoms with van der Waals surface area (Å²) in [6, 6.07) is 7.45. The summed E-state index contributed by atoms with van der Waals surface area (Å²) in [7, 11) is 0. The molecule has 0 unspecified atom stereocenters. The standard InChI is InChI=1S/C17H25N3O2S/c1-23-10-8-15(18)17(22)19-11-13-5-2-3-6-14(13)12-20-9-4-7-16(20)21/h2-3,5-6,15H,4,7-12,18H2,1H3,(H,19,22)/t15-/m0/s1. The number of hydrogen-bond donors (Lipinski definition) is 2. The zero-order chi connectivity index (χ0) is 16.7. The van der Waals surface area contributed by atoms with Crippen LogP contribution in [-0.4, -0.2) is 41.3 Å². The molecule has 5 nitrogen and oxygen atoms in total. The van der Waals surface area contributed by atoms with Crippen molar-refractivity contribution in [3.63, 3.8) is 0 Å². The largest absolute Gasteiger partial charge is 0.351 e. The van der Waals surface area contributed by atoms with Crippen LogP contribution in [0.2, 0.25) is 0 Å². The van der Waals surface area contributed by atoms with Crippen LogP contribution in [0.3, 0.4) is 0 Å². The minimum Gasteiger partial charge on any atom is -0.351 e. The van der Waals surface area contributed by atoms with E-state index in [9.17, 15) is 9.59 Å². The summed E-state index contributed by atoms with van der Waals surface area (Å²) in [5.74, 6) is 0.969. The molecule has 2 rings (SSSR count). The van der Waals surface area contributed by atoms with E-state index < -0.39 is 6.04 Å².